The molecule has 530 valence electrons. The van der Waals surface area contributed by atoms with Crippen LogP contribution in [0, 0.1) is 23.7 Å². The summed E-state index contributed by atoms with van der Waals surface area (Å²) in [5.41, 5.74) is 4.20. The van der Waals surface area contributed by atoms with Crippen LogP contribution in [0.4, 0.5) is 4.79 Å². The molecule has 12 unspecified atom stereocenters. The quantitative estimate of drug-likeness (QED) is 0.0152. The molecule has 0 radical (unpaired) electrons. The summed E-state index contributed by atoms with van der Waals surface area (Å²) in [6.07, 6.45) is 1.26. The topological polar surface area (TPSA) is 477 Å². The van der Waals surface area contributed by atoms with Gasteiger partial charge in [-0.3, -0.25) is 38.1 Å². The Hall–Kier alpha value is -5.98. The van der Waals surface area contributed by atoms with Crippen LogP contribution in [-0.4, -0.2) is 203 Å². The predicted molar refractivity (Wildman–Crippen MR) is 341 cm³/mol. The number of carboxylic acid groups (broad SMARTS) is 3. The first-order valence-corrected chi connectivity index (χ1v) is 38.3. The molecule has 0 spiro atoms. The second kappa shape index (κ2) is 36.7. The third-order valence-corrected chi connectivity index (χ3v) is 22.7. The van der Waals surface area contributed by atoms with Gasteiger partial charge in [0.25, 0.3) is 0 Å². The number of aliphatic hydroxyl groups excluding tert-OH is 1. The standard InChI is InChI=1S/C59H81N6O26P3S2/c66-48-32-49(89-50(48)34-88-93(82,83)91-94(84,85)90-92(79,80)81)37-14-2-1-12-36(22-23-37)13-11-28-86-35-96-95-29-24-51(67)64-26-9-20-46(64)55(73)61-43(19-7-8-25-60-59(78)87-33-42-40-17-5-3-15-38(40)39-16-4-6-18-41(39)42)57(75)65-27-10-21-47(65)56(74)62-44(30-52(68)69)54(72)63-45(58(76)77)31-53(70)71/h3-6,15-18,36-37,42-50,66H,1-2,7-10,12,14,19-35H2,(H,60,78)(H,61,73)(H,62,74)(H,63,72)(H,68,69)(H,70,71)(H,76,77)(H,82,83)(H,84,85)(H2,79,80,81). The molecule has 0 aromatic heterocycles. The minimum Gasteiger partial charge on any atom is -0.481 e. The Labute approximate surface area is 560 Å². The van der Waals surface area contributed by atoms with E-state index in [1.54, 1.807) is 0 Å². The van der Waals surface area contributed by atoms with Gasteiger partial charge in [0.05, 0.1) is 31.7 Å². The summed E-state index contributed by atoms with van der Waals surface area (Å²) < 4.78 is 64.3. The second-order valence-electron chi connectivity index (χ2n) is 23.6. The number of rotatable bonds is 34. The molecule has 2 aliphatic carbocycles. The molecular formula is C59H81N6O26P3S2. The monoisotopic (exact) mass is 1450 g/mol. The van der Waals surface area contributed by atoms with Gasteiger partial charge in [-0.1, -0.05) is 94.8 Å². The molecule has 12 N–H and O–H groups in total. The number of phosphoric ester groups is 1. The van der Waals surface area contributed by atoms with Gasteiger partial charge in [-0.15, -0.1) is 0 Å². The van der Waals surface area contributed by atoms with E-state index in [1.165, 1.54) is 31.4 Å². The Kier molecular flexibility index (Phi) is 29.6. The molecule has 2 aromatic carbocycles. The summed E-state index contributed by atoms with van der Waals surface area (Å²) in [6, 6.07) is 8.43. The van der Waals surface area contributed by atoms with Gasteiger partial charge in [0.1, 0.15) is 55.5 Å². The lowest BCUT2D eigenvalue weighted by atomic mass is 9.82. The highest BCUT2D eigenvalue weighted by atomic mass is 33.1. The van der Waals surface area contributed by atoms with E-state index in [4.69, 9.17) is 29.1 Å². The maximum atomic E-state index is 14.6. The lowest BCUT2D eigenvalue weighted by molar-refractivity contribution is -0.148. The normalized spacial score (nSPS) is 23.2. The number of benzene rings is 2. The Morgan fingerprint density at radius 1 is 0.688 bits per heavy atom. The highest BCUT2D eigenvalue weighted by Gasteiger charge is 2.45. The highest BCUT2D eigenvalue weighted by molar-refractivity contribution is 8.76. The van der Waals surface area contributed by atoms with Crippen molar-refractivity contribution >= 4 is 98.6 Å². The molecule has 12 atom stereocenters. The number of fused-ring (bicyclic) bond motifs is 3. The van der Waals surface area contributed by atoms with Crippen molar-refractivity contribution in [1.82, 2.24) is 31.1 Å². The molecule has 0 bridgehead atoms. The van der Waals surface area contributed by atoms with Gasteiger partial charge in [-0.2, -0.15) is 8.62 Å². The molecule has 6 amide bonds. The van der Waals surface area contributed by atoms with Crippen LogP contribution in [0.2, 0.25) is 0 Å². The van der Waals surface area contributed by atoms with Crippen LogP contribution in [0.25, 0.3) is 11.1 Å². The molecule has 3 aliphatic heterocycles. The molecule has 7 rings (SSSR count). The number of carbonyl (C=O) groups excluding carboxylic acids is 6. The zero-order valence-corrected chi connectivity index (χ0v) is 56.4. The van der Waals surface area contributed by atoms with Gasteiger partial charge in [-0.05, 0) is 98.8 Å². The van der Waals surface area contributed by atoms with Crippen molar-refractivity contribution in [2.45, 2.75) is 164 Å². The fourth-order valence-corrected chi connectivity index (χ4v) is 17.0. The van der Waals surface area contributed by atoms with Gasteiger partial charge >= 0.3 is 47.5 Å². The van der Waals surface area contributed by atoms with E-state index in [2.05, 4.69) is 40.9 Å². The minimum absolute atomic E-state index is 0.00182. The summed E-state index contributed by atoms with van der Waals surface area (Å²) in [5, 5.41) is 48.7. The van der Waals surface area contributed by atoms with Crippen LogP contribution >= 0.6 is 45.1 Å². The predicted octanol–water partition coefficient (Wildman–Crippen LogP) is 4.36. The van der Waals surface area contributed by atoms with E-state index in [9.17, 15) is 82.0 Å². The van der Waals surface area contributed by atoms with E-state index >= 15 is 0 Å². The summed E-state index contributed by atoms with van der Waals surface area (Å²) in [4.78, 5) is 157. The molecule has 2 aromatic rings. The van der Waals surface area contributed by atoms with Gasteiger partial charge in [-0.25, -0.2) is 23.3 Å². The van der Waals surface area contributed by atoms with E-state index in [0.29, 0.717) is 31.4 Å². The number of alkyl carbamates (subject to hydrolysis) is 1. The molecule has 32 nitrogen and oxygen atoms in total. The molecule has 3 saturated heterocycles. The fourth-order valence-electron chi connectivity index (χ4n) is 12.4. The van der Waals surface area contributed by atoms with Crippen molar-refractivity contribution in [3.63, 3.8) is 0 Å². The van der Waals surface area contributed by atoms with Crippen molar-refractivity contribution in [2.75, 3.05) is 51.1 Å². The van der Waals surface area contributed by atoms with E-state index in [0.717, 1.165) is 47.9 Å². The average Bonchev–Trinajstić information content (AvgIpc) is 1.62. The molecule has 4 fully saturated rings. The number of amides is 6. The number of phosphoric acid groups is 3. The van der Waals surface area contributed by atoms with Crippen molar-refractivity contribution < 1.29 is 124 Å². The number of nitrogens with zero attached hydrogens (tertiary/aromatic N) is 2. The average molecular weight is 1450 g/mol. The molecule has 5 aliphatic rings. The Balaban J connectivity index is 0.868. The first kappa shape index (κ1) is 77.4. The smallest absolute Gasteiger partial charge is 0.481 e. The summed E-state index contributed by atoms with van der Waals surface area (Å²) in [7, 11) is -13.9. The molecule has 1 saturated carbocycles. The summed E-state index contributed by atoms with van der Waals surface area (Å²) >= 11 is 0. The molecule has 37 heteroatoms. The largest absolute Gasteiger partial charge is 0.490 e. The lowest BCUT2D eigenvalue weighted by Crippen LogP contribution is -2.58. The molecule has 3 heterocycles. The Morgan fingerprint density at radius 3 is 1.97 bits per heavy atom. The minimum atomic E-state index is -5.72. The second-order valence-corrected chi connectivity index (χ2v) is 30.5. The number of aliphatic carboxylic acids is 3. The third-order valence-electron chi connectivity index (χ3n) is 16.8. The number of nitrogens with one attached hydrogen (secondary N) is 4. The number of carboxylic acids is 3. The summed E-state index contributed by atoms with van der Waals surface area (Å²) in [6.45, 7) is -0.124. The Bertz CT molecular complexity index is 3270. The zero-order valence-electron chi connectivity index (χ0n) is 52.1. The van der Waals surface area contributed by atoms with Gasteiger partial charge < -0.3 is 85.3 Å². The van der Waals surface area contributed by atoms with Crippen molar-refractivity contribution in [1.29, 1.82) is 0 Å². The zero-order chi connectivity index (χ0) is 69.7. The summed E-state index contributed by atoms with van der Waals surface area (Å²) in [5.74, 6) is -1.88. The maximum absolute atomic E-state index is 14.6. The Morgan fingerprint density at radius 2 is 1.31 bits per heavy atom. The fraction of sp³-hybridized carbons (Fsp3) is 0.610. The lowest BCUT2D eigenvalue weighted by Gasteiger charge is -2.31. The van der Waals surface area contributed by atoms with Crippen LogP contribution in [0.15, 0.2) is 48.5 Å². The van der Waals surface area contributed by atoms with E-state index in [-0.39, 0.29) is 107 Å². The van der Waals surface area contributed by atoms with Crippen molar-refractivity contribution in [3.05, 3.63) is 59.7 Å². The number of carbonyl (C=O) groups is 9. The molecular weight excluding hydrogens is 1370 g/mol. The van der Waals surface area contributed by atoms with Crippen LogP contribution in [0.5, 0.6) is 0 Å². The van der Waals surface area contributed by atoms with Crippen LogP contribution in [0.1, 0.15) is 126 Å². The number of likely N-dealkylation sites (tertiary alicyclic amines) is 2. The maximum Gasteiger partial charge on any atom is 0.490 e. The van der Waals surface area contributed by atoms with Gasteiger partial charge in [0.15, 0.2) is 0 Å². The van der Waals surface area contributed by atoms with E-state index < -0.39 is 139 Å². The van der Waals surface area contributed by atoms with Gasteiger partial charge in [0, 0.05) is 50.1 Å². The SMILES string of the molecule is O=C(O)CC(NC(=O)C(CC(=O)O)NC(=O)C1CCCN1C(=O)C(CCCCNC(=O)OCC1c2ccccc2-c2ccccc21)NC(=O)C1CCCN1C(=O)CCSSCOCC#CC1CCCCC(C2CC(O)C(COP(=O)(O)OP(=O)(O)OP(=O)(O)O)O2)CC1)C(=O)O. The van der Waals surface area contributed by atoms with Crippen molar-refractivity contribution in [3.8, 4) is 23.0 Å². The van der Waals surface area contributed by atoms with Gasteiger partial charge in [0.2, 0.25) is 29.5 Å². The first-order valence-electron chi connectivity index (χ1n) is 31.3. The number of hydrogen-bond donors (Lipinski definition) is 12. The number of aliphatic hydroxyl groups is 1. The number of ether oxygens (including phenoxy) is 3. The van der Waals surface area contributed by atoms with Crippen molar-refractivity contribution in [2.24, 2.45) is 11.8 Å². The molecule has 96 heavy (non-hydrogen) atoms. The van der Waals surface area contributed by atoms with Crippen LogP contribution in [-0.2, 0) is 79.4 Å². The van der Waals surface area contributed by atoms with Crippen LogP contribution < -0.4 is 21.3 Å². The first-order chi connectivity index (χ1) is 45.6. The number of unbranched alkanes of at least 4 members (excludes halogenated alkanes) is 1. The number of hydrogen-bond acceptors (Lipinski definition) is 21. The highest BCUT2D eigenvalue weighted by Crippen LogP contribution is 2.66. The third kappa shape index (κ3) is 23.9. The van der Waals surface area contributed by atoms with Crippen LogP contribution in [0.3, 0.4) is 0 Å². The van der Waals surface area contributed by atoms with E-state index in [1.807, 2.05) is 53.8 Å².